The molecule has 5 heteroatoms. The lowest BCUT2D eigenvalue weighted by Gasteiger charge is -2.14. The fourth-order valence-electron chi connectivity index (χ4n) is 1.12. The molecule has 2 aliphatic heterocycles. The molecule has 2 aliphatic rings. The molecule has 0 unspecified atom stereocenters. The third-order valence-corrected chi connectivity index (χ3v) is 2.09. The second-order valence-corrected chi connectivity index (χ2v) is 4.09. The van der Waals surface area contributed by atoms with Crippen LogP contribution in [0.4, 0.5) is 0 Å². The van der Waals surface area contributed by atoms with Crippen molar-refractivity contribution in [3.05, 3.63) is 0 Å². The molecule has 0 atom stereocenters. The van der Waals surface area contributed by atoms with Crippen LogP contribution in [0.5, 0.6) is 0 Å². The van der Waals surface area contributed by atoms with E-state index in [-0.39, 0.29) is 0 Å². The van der Waals surface area contributed by atoms with Gasteiger partial charge in [0.2, 0.25) is 0 Å². The molecule has 0 spiro atoms. The van der Waals surface area contributed by atoms with E-state index in [0.717, 1.165) is 30.9 Å². The summed E-state index contributed by atoms with van der Waals surface area (Å²) in [6, 6.07) is 0. The third-order valence-electron chi connectivity index (χ3n) is 2.09. The smallest absolute Gasteiger partial charge is 0.122 e. The molecular formula is C10H18N2O3. The summed E-state index contributed by atoms with van der Waals surface area (Å²) in [6.07, 6.45) is 1.77. The van der Waals surface area contributed by atoms with E-state index in [1.807, 2.05) is 6.92 Å². The van der Waals surface area contributed by atoms with Crippen molar-refractivity contribution in [3.8, 4) is 0 Å². The lowest BCUT2D eigenvalue weighted by atomic mass is 10.0. The molecule has 0 saturated carbocycles. The van der Waals surface area contributed by atoms with Gasteiger partial charge in [0.15, 0.2) is 0 Å². The van der Waals surface area contributed by atoms with Crippen molar-refractivity contribution in [3.63, 3.8) is 0 Å². The molecule has 0 aromatic rings. The van der Waals surface area contributed by atoms with Gasteiger partial charge in [-0.15, -0.1) is 0 Å². The van der Waals surface area contributed by atoms with Gasteiger partial charge in [-0.2, -0.15) is 0 Å². The van der Waals surface area contributed by atoms with Crippen LogP contribution < -0.4 is 0 Å². The van der Waals surface area contributed by atoms with Crippen LogP contribution in [-0.2, 0) is 9.68 Å². The molecule has 0 aliphatic carbocycles. The quantitative estimate of drug-likeness (QED) is 0.716. The standard InChI is InChI=1S/C6H11NO2.C4H7NO/c1-6(2,8)5-3-4-9-7-5;1-4-2-3-6-5-4/h8H,3-4H2,1-2H3;2-3H2,1H3. The molecule has 0 radical (unpaired) electrons. The molecule has 0 bridgehead atoms. The average Bonchev–Trinajstić information content (AvgIpc) is 2.73. The van der Waals surface area contributed by atoms with Crippen molar-refractivity contribution >= 4 is 11.4 Å². The topological polar surface area (TPSA) is 63.4 Å². The maximum atomic E-state index is 9.31. The van der Waals surface area contributed by atoms with Gasteiger partial charge in [-0.05, 0) is 20.8 Å². The predicted molar refractivity (Wildman–Crippen MR) is 58.0 cm³/mol. The summed E-state index contributed by atoms with van der Waals surface area (Å²) in [6.45, 7) is 6.78. The first kappa shape index (κ1) is 12.0. The fourth-order valence-corrected chi connectivity index (χ4v) is 1.12. The number of nitrogens with zero attached hydrogens (tertiary/aromatic N) is 2. The maximum absolute atomic E-state index is 9.31. The number of hydrogen-bond donors (Lipinski definition) is 1. The minimum absolute atomic E-state index is 0.610. The Balaban J connectivity index is 0.000000162. The van der Waals surface area contributed by atoms with Crippen LogP contribution >= 0.6 is 0 Å². The second-order valence-electron chi connectivity index (χ2n) is 4.09. The SMILES string of the molecule is CC(C)(O)C1=NOCC1.CC1=NOCC1. The van der Waals surface area contributed by atoms with Gasteiger partial charge in [-0.3, -0.25) is 0 Å². The molecular weight excluding hydrogens is 196 g/mol. The summed E-state index contributed by atoms with van der Waals surface area (Å²) in [4.78, 5) is 9.36. The van der Waals surface area contributed by atoms with Crippen molar-refractivity contribution in [2.75, 3.05) is 13.2 Å². The minimum atomic E-state index is -0.795. The molecule has 0 amide bonds. The first-order chi connectivity index (χ1) is 7.00. The molecule has 15 heavy (non-hydrogen) atoms. The van der Waals surface area contributed by atoms with Crippen molar-refractivity contribution in [1.29, 1.82) is 0 Å². The molecule has 0 aromatic carbocycles. The van der Waals surface area contributed by atoms with Crippen molar-refractivity contribution in [1.82, 2.24) is 0 Å². The van der Waals surface area contributed by atoms with Crippen LogP contribution in [0.3, 0.4) is 0 Å². The summed E-state index contributed by atoms with van der Waals surface area (Å²) in [5.41, 5.74) is 1.05. The summed E-state index contributed by atoms with van der Waals surface area (Å²) in [7, 11) is 0. The van der Waals surface area contributed by atoms with Crippen LogP contribution in [0.1, 0.15) is 33.6 Å². The number of oxime groups is 2. The van der Waals surface area contributed by atoms with Gasteiger partial charge < -0.3 is 14.8 Å². The molecule has 1 N–H and O–H groups in total. The van der Waals surface area contributed by atoms with Crippen LogP contribution in [-0.4, -0.2) is 35.3 Å². The van der Waals surface area contributed by atoms with Gasteiger partial charge in [0.1, 0.15) is 18.8 Å². The van der Waals surface area contributed by atoms with Gasteiger partial charge in [0, 0.05) is 12.8 Å². The Hall–Kier alpha value is -1.10. The highest BCUT2D eigenvalue weighted by Gasteiger charge is 2.24. The Bertz CT molecular complexity index is 266. The number of aliphatic hydroxyl groups is 1. The van der Waals surface area contributed by atoms with E-state index in [1.165, 1.54) is 0 Å². The van der Waals surface area contributed by atoms with E-state index >= 15 is 0 Å². The van der Waals surface area contributed by atoms with Crippen LogP contribution in [0, 0.1) is 0 Å². The molecule has 5 nitrogen and oxygen atoms in total. The fraction of sp³-hybridized carbons (Fsp3) is 0.800. The molecule has 2 heterocycles. The molecule has 0 saturated heterocycles. The van der Waals surface area contributed by atoms with Gasteiger partial charge in [-0.1, -0.05) is 10.3 Å². The van der Waals surface area contributed by atoms with E-state index in [1.54, 1.807) is 13.8 Å². The highest BCUT2D eigenvalue weighted by molar-refractivity contribution is 5.91. The predicted octanol–water partition coefficient (Wildman–Crippen LogP) is 1.32. The zero-order valence-electron chi connectivity index (χ0n) is 9.49. The summed E-state index contributed by atoms with van der Waals surface area (Å²) < 4.78 is 0. The highest BCUT2D eigenvalue weighted by atomic mass is 16.6. The van der Waals surface area contributed by atoms with E-state index in [0.29, 0.717) is 6.61 Å². The average molecular weight is 214 g/mol. The number of rotatable bonds is 1. The zero-order chi connectivity index (χ0) is 11.3. The Morgan fingerprint density at radius 3 is 1.93 bits per heavy atom. The third kappa shape index (κ3) is 4.29. The normalized spacial score (nSPS) is 19.5. The van der Waals surface area contributed by atoms with E-state index in [9.17, 15) is 5.11 Å². The highest BCUT2D eigenvalue weighted by Crippen LogP contribution is 2.12. The Morgan fingerprint density at radius 1 is 1.13 bits per heavy atom. The Kier molecular flexibility index (Phi) is 4.08. The van der Waals surface area contributed by atoms with E-state index < -0.39 is 5.60 Å². The molecule has 2 rings (SSSR count). The zero-order valence-corrected chi connectivity index (χ0v) is 9.49. The summed E-state index contributed by atoms with van der Waals surface area (Å²) >= 11 is 0. The molecule has 0 fully saturated rings. The van der Waals surface area contributed by atoms with Crippen molar-refractivity contribution < 1.29 is 14.8 Å². The number of hydrogen-bond acceptors (Lipinski definition) is 5. The van der Waals surface area contributed by atoms with Gasteiger partial charge in [0.05, 0.1) is 11.4 Å². The maximum Gasteiger partial charge on any atom is 0.122 e. The van der Waals surface area contributed by atoms with Gasteiger partial charge >= 0.3 is 0 Å². The monoisotopic (exact) mass is 214 g/mol. The minimum Gasteiger partial charge on any atom is -0.395 e. The van der Waals surface area contributed by atoms with Crippen LogP contribution in [0.15, 0.2) is 10.3 Å². The second kappa shape index (κ2) is 5.11. The van der Waals surface area contributed by atoms with Gasteiger partial charge in [0.25, 0.3) is 0 Å². The Morgan fingerprint density at radius 2 is 1.73 bits per heavy atom. The van der Waals surface area contributed by atoms with Crippen LogP contribution in [0.2, 0.25) is 0 Å². The van der Waals surface area contributed by atoms with E-state index in [4.69, 9.17) is 4.84 Å². The molecule has 86 valence electrons. The largest absolute Gasteiger partial charge is 0.395 e. The lowest BCUT2D eigenvalue weighted by Crippen LogP contribution is -2.29. The van der Waals surface area contributed by atoms with Crippen LogP contribution in [0.25, 0.3) is 0 Å². The first-order valence-corrected chi connectivity index (χ1v) is 5.07. The van der Waals surface area contributed by atoms with E-state index in [2.05, 4.69) is 15.1 Å². The summed E-state index contributed by atoms with van der Waals surface area (Å²) in [5, 5.41) is 16.6. The first-order valence-electron chi connectivity index (χ1n) is 5.07. The van der Waals surface area contributed by atoms with Gasteiger partial charge in [-0.25, -0.2) is 0 Å². The Labute approximate surface area is 89.7 Å². The molecule has 0 aromatic heterocycles. The van der Waals surface area contributed by atoms with Crippen molar-refractivity contribution in [2.45, 2.75) is 39.2 Å². The lowest BCUT2D eigenvalue weighted by molar-refractivity contribution is 0.147. The summed E-state index contributed by atoms with van der Waals surface area (Å²) in [5.74, 6) is 0. The van der Waals surface area contributed by atoms with Crippen molar-refractivity contribution in [2.24, 2.45) is 10.3 Å².